The van der Waals surface area contributed by atoms with Gasteiger partial charge in [0, 0.05) is 61.0 Å². The van der Waals surface area contributed by atoms with Crippen molar-refractivity contribution in [2.75, 3.05) is 42.6 Å². The highest BCUT2D eigenvalue weighted by molar-refractivity contribution is 5.92. The van der Waals surface area contributed by atoms with Gasteiger partial charge in [0.05, 0.1) is 17.9 Å². The van der Waals surface area contributed by atoms with Crippen molar-refractivity contribution in [3.63, 3.8) is 0 Å². The van der Waals surface area contributed by atoms with Crippen LogP contribution >= 0.6 is 0 Å². The van der Waals surface area contributed by atoms with Crippen molar-refractivity contribution in [1.82, 2.24) is 0 Å². The van der Waals surface area contributed by atoms with E-state index in [0.29, 0.717) is 29.4 Å². The third-order valence-corrected chi connectivity index (χ3v) is 7.26. The average molecular weight is 489 g/mol. The van der Waals surface area contributed by atoms with Gasteiger partial charge in [0.2, 0.25) is 0 Å². The number of carbonyl (C=O) groups is 1. The Balaban J connectivity index is 1.71. The minimum absolute atomic E-state index is 0.281. The highest BCUT2D eigenvalue weighted by Crippen LogP contribution is 2.50. The van der Waals surface area contributed by atoms with Crippen molar-refractivity contribution in [1.29, 1.82) is 0 Å². The minimum Gasteiger partial charge on any atom is -0.462 e. The SMILES string of the molecule is CCOC(=O)c1ccccc1C1c2ccc(N(CC)CC)cc2Oc2cc(F)c(N3CCCC3)cc21. The second kappa shape index (κ2) is 10.2. The van der Waals surface area contributed by atoms with Crippen LogP contribution in [0, 0.1) is 5.82 Å². The third-order valence-electron chi connectivity index (χ3n) is 7.26. The first kappa shape index (κ1) is 24.2. The predicted octanol–water partition coefficient (Wildman–Crippen LogP) is 6.73. The summed E-state index contributed by atoms with van der Waals surface area (Å²) in [4.78, 5) is 17.3. The Morgan fingerprint density at radius 2 is 1.69 bits per heavy atom. The zero-order valence-corrected chi connectivity index (χ0v) is 21.2. The second-order valence-electron chi connectivity index (χ2n) is 9.27. The molecule has 0 aliphatic carbocycles. The normalized spacial score (nSPS) is 16.2. The van der Waals surface area contributed by atoms with E-state index in [2.05, 4.69) is 35.8 Å². The van der Waals surface area contributed by atoms with E-state index in [0.717, 1.165) is 61.4 Å². The van der Waals surface area contributed by atoms with Gasteiger partial charge in [0.25, 0.3) is 0 Å². The highest BCUT2D eigenvalue weighted by Gasteiger charge is 2.34. The van der Waals surface area contributed by atoms with Crippen LogP contribution in [0.2, 0.25) is 0 Å². The lowest BCUT2D eigenvalue weighted by atomic mass is 9.80. The molecular weight excluding hydrogens is 455 g/mol. The molecule has 2 heterocycles. The van der Waals surface area contributed by atoms with Gasteiger partial charge in [-0.2, -0.15) is 0 Å². The zero-order chi connectivity index (χ0) is 25.2. The molecular formula is C30H33FN2O3. The Morgan fingerprint density at radius 1 is 0.972 bits per heavy atom. The highest BCUT2D eigenvalue weighted by atomic mass is 19.1. The Morgan fingerprint density at radius 3 is 2.42 bits per heavy atom. The van der Waals surface area contributed by atoms with Gasteiger partial charge >= 0.3 is 5.97 Å². The topological polar surface area (TPSA) is 42.0 Å². The summed E-state index contributed by atoms with van der Waals surface area (Å²) in [6, 6.07) is 17.2. The Hall–Kier alpha value is -3.54. The molecule has 36 heavy (non-hydrogen) atoms. The van der Waals surface area contributed by atoms with Gasteiger partial charge in [0.1, 0.15) is 17.3 Å². The molecule has 5 nitrogen and oxygen atoms in total. The molecule has 1 saturated heterocycles. The third kappa shape index (κ3) is 4.29. The van der Waals surface area contributed by atoms with Crippen LogP contribution in [0.15, 0.2) is 54.6 Å². The van der Waals surface area contributed by atoms with Crippen LogP contribution in [0.5, 0.6) is 11.5 Å². The summed E-state index contributed by atoms with van der Waals surface area (Å²) in [7, 11) is 0. The van der Waals surface area contributed by atoms with E-state index in [1.54, 1.807) is 13.0 Å². The maximum Gasteiger partial charge on any atom is 0.338 e. The fourth-order valence-corrected chi connectivity index (χ4v) is 5.47. The molecule has 3 aromatic rings. The molecule has 0 amide bonds. The molecule has 1 atom stereocenters. The summed E-state index contributed by atoms with van der Waals surface area (Å²) in [5.41, 5.74) is 4.80. The number of anilines is 2. The molecule has 5 rings (SSSR count). The summed E-state index contributed by atoms with van der Waals surface area (Å²) in [5, 5.41) is 0. The summed E-state index contributed by atoms with van der Waals surface area (Å²) in [6.45, 7) is 9.75. The van der Waals surface area contributed by atoms with Gasteiger partial charge in [-0.15, -0.1) is 0 Å². The number of esters is 1. The monoisotopic (exact) mass is 488 g/mol. The number of hydrogen-bond acceptors (Lipinski definition) is 5. The molecule has 1 fully saturated rings. The van der Waals surface area contributed by atoms with E-state index in [1.165, 1.54) is 6.07 Å². The van der Waals surface area contributed by atoms with Crippen molar-refractivity contribution < 1.29 is 18.7 Å². The smallest absolute Gasteiger partial charge is 0.338 e. The molecule has 188 valence electrons. The van der Waals surface area contributed by atoms with Crippen LogP contribution in [0.25, 0.3) is 0 Å². The standard InChI is InChI=1S/C30H33FN2O3/c1-4-32(5-2)20-13-14-23-27(17-20)36-28-19-25(31)26(33-15-9-10-16-33)18-24(28)29(23)21-11-7-8-12-22(21)30(34)35-6-3/h7-8,11-14,17-19,29H,4-6,9-10,15-16H2,1-3H3. The molecule has 0 saturated carbocycles. The number of carbonyl (C=O) groups excluding carboxylic acids is 1. The molecule has 2 aliphatic rings. The largest absolute Gasteiger partial charge is 0.462 e. The van der Waals surface area contributed by atoms with E-state index in [-0.39, 0.29) is 17.7 Å². The van der Waals surface area contributed by atoms with Gasteiger partial charge in [-0.3, -0.25) is 0 Å². The first-order chi connectivity index (χ1) is 17.5. The van der Waals surface area contributed by atoms with Gasteiger partial charge in [-0.25, -0.2) is 9.18 Å². The van der Waals surface area contributed by atoms with Gasteiger partial charge in [-0.05, 0) is 57.4 Å². The summed E-state index contributed by atoms with van der Waals surface area (Å²) >= 11 is 0. The fourth-order valence-electron chi connectivity index (χ4n) is 5.47. The molecule has 6 heteroatoms. The number of halogens is 1. The van der Waals surface area contributed by atoms with Crippen molar-refractivity contribution >= 4 is 17.3 Å². The quantitative estimate of drug-likeness (QED) is 0.270. The zero-order valence-electron chi connectivity index (χ0n) is 21.2. The number of nitrogens with zero attached hydrogens (tertiary/aromatic N) is 2. The van der Waals surface area contributed by atoms with E-state index in [4.69, 9.17) is 9.47 Å². The summed E-state index contributed by atoms with van der Waals surface area (Å²) in [5.74, 6) is 0.241. The van der Waals surface area contributed by atoms with Gasteiger partial charge < -0.3 is 19.3 Å². The number of ether oxygens (including phenoxy) is 2. The molecule has 0 N–H and O–H groups in total. The van der Waals surface area contributed by atoms with E-state index >= 15 is 4.39 Å². The molecule has 3 aromatic carbocycles. The lowest BCUT2D eigenvalue weighted by Gasteiger charge is -2.32. The van der Waals surface area contributed by atoms with Crippen molar-refractivity contribution in [2.24, 2.45) is 0 Å². The van der Waals surface area contributed by atoms with Crippen LogP contribution in [0.4, 0.5) is 15.8 Å². The van der Waals surface area contributed by atoms with E-state index < -0.39 is 0 Å². The number of benzene rings is 3. The van der Waals surface area contributed by atoms with Crippen LogP contribution < -0.4 is 14.5 Å². The first-order valence-electron chi connectivity index (χ1n) is 13.0. The first-order valence-corrected chi connectivity index (χ1v) is 13.0. The number of rotatable bonds is 7. The molecule has 2 aliphatic heterocycles. The molecule has 0 spiro atoms. The maximum absolute atomic E-state index is 15.4. The fraction of sp³-hybridized carbons (Fsp3) is 0.367. The van der Waals surface area contributed by atoms with Gasteiger partial charge in [-0.1, -0.05) is 24.3 Å². The van der Waals surface area contributed by atoms with Crippen LogP contribution in [-0.2, 0) is 4.74 Å². The molecule has 0 aromatic heterocycles. The summed E-state index contributed by atoms with van der Waals surface area (Å²) < 4.78 is 27.1. The van der Waals surface area contributed by atoms with Gasteiger partial charge in [0.15, 0.2) is 0 Å². The molecule has 0 bridgehead atoms. The lowest BCUT2D eigenvalue weighted by molar-refractivity contribution is 0.0525. The Kier molecular flexibility index (Phi) is 6.86. The predicted molar refractivity (Wildman–Crippen MR) is 141 cm³/mol. The van der Waals surface area contributed by atoms with Crippen molar-refractivity contribution in [3.05, 3.63) is 82.7 Å². The Labute approximate surface area is 212 Å². The maximum atomic E-state index is 15.4. The molecule has 1 unspecified atom stereocenters. The summed E-state index contributed by atoms with van der Waals surface area (Å²) in [6.07, 6.45) is 2.11. The van der Waals surface area contributed by atoms with Crippen molar-refractivity contribution in [3.8, 4) is 11.5 Å². The van der Waals surface area contributed by atoms with Crippen LogP contribution in [0.1, 0.15) is 66.6 Å². The minimum atomic E-state index is -0.357. The number of hydrogen-bond donors (Lipinski definition) is 0. The average Bonchev–Trinajstić information content (AvgIpc) is 3.42. The lowest BCUT2D eigenvalue weighted by Crippen LogP contribution is -2.23. The second-order valence-corrected chi connectivity index (χ2v) is 9.27. The van der Waals surface area contributed by atoms with Crippen LogP contribution in [-0.4, -0.2) is 38.8 Å². The molecule has 0 radical (unpaired) electrons. The van der Waals surface area contributed by atoms with Crippen molar-refractivity contribution in [2.45, 2.75) is 39.5 Å². The Bertz CT molecular complexity index is 1270. The van der Waals surface area contributed by atoms with Crippen LogP contribution in [0.3, 0.4) is 0 Å². The van der Waals surface area contributed by atoms with E-state index in [9.17, 15) is 4.79 Å². The van der Waals surface area contributed by atoms with E-state index in [1.807, 2.05) is 30.3 Å². The number of fused-ring (bicyclic) bond motifs is 2.